The number of hydrogen-bond acceptors (Lipinski definition) is 4. The molecule has 7 heteroatoms. The van der Waals surface area contributed by atoms with Gasteiger partial charge in [-0.15, -0.1) is 0 Å². The van der Waals surface area contributed by atoms with Crippen molar-refractivity contribution in [3.05, 3.63) is 89.2 Å². The van der Waals surface area contributed by atoms with Crippen LogP contribution in [0.4, 0.5) is 22.0 Å². The van der Waals surface area contributed by atoms with Crippen molar-refractivity contribution < 1.29 is 4.79 Å². The number of rotatable bonds is 3. The highest BCUT2D eigenvalue weighted by Gasteiger charge is 2.23. The van der Waals surface area contributed by atoms with E-state index in [2.05, 4.69) is 26.7 Å². The van der Waals surface area contributed by atoms with Gasteiger partial charge in [0.2, 0.25) is 0 Å². The van der Waals surface area contributed by atoms with E-state index in [1.54, 1.807) is 35.4 Å². The van der Waals surface area contributed by atoms with Crippen LogP contribution >= 0.6 is 11.6 Å². The second kappa shape index (κ2) is 8.24. The molecule has 1 aliphatic heterocycles. The maximum absolute atomic E-state index is 12.7. The number of para-hydroxylation sites is 1. The van der Waals surface area contributed by atoms with Gasteiger partial charge in [-0.1, -0.05) is 29.8 Å². The zero-order valence-corrected chi connectivity index (χ0v) is 17.4. The number of carbonyl (C=O) groups is 1. The van der Waals surface area contributed by atoms with Gasteiger partial charge in [-0.2, -0.15) is 0 Å². The lowest BCUT2D eigenvalue weighted by Gasteiger charge is -2.30. The third-order valence-electron chi connectivity index (χ3n) is 5.38. The van der Waals surface area contributed by atoms with Gasteiger partial charge in [-0.25, -0.2) is 9.78 Å². The van der Waals surface area contributed by atoms with Crippen molar-refractivity contribution in [2.75, 3.05) is 17.2 Å². The highest BCUT2D eigenvalue weighted by atomic mass is 35.5. The SMILES string of the molecule is O=C(Nc1ccc(Cl)cc1)N1CCc2c(ccnc2Nc2cnc3ccccc3c2)C1. The van der Waals surface area contributed by atoms with E-state index in [-0.39, 0.29) is 6.03 Å². The summed E-state index contributed by atoms with van der Waals surface area (Å²) in [5.41, 5.74) is 4.79. The maximum Gasteiger partial charge on any atom is 0.322 e. The molecule has 31 heavy (non-hydrogen) atoms. The molecule has 0 fully saturated rings. The number of halogens is 1. The molecule has 2 aromatic heterocycles. The van der Waals surface area contributed by atoms with Crippen LogP contribution in [0.1, 0.15) is 11.1 Å². The third kappa shape index (κ3) is 4.15. The van der Waals surface area contributed by atoms with Crippen molar-refractivity contribution in [2.24, 2.45) is 0 Å². The number of hydrogen-bond donors (Lipinski definition) is 2. The molecule has 154 valence electrons. The van der Waals surface area contributed by atoms with Crippen molar-refractivity contribution >= 4 is 45.7 Å². The fourth-order valence-corrected chi connectivity index (χ4v) is 3.91. The van der Waals surface area contributed by atoms with E-state index in [9.17, 15) is 4.79 Å². The number of pyridine rings is 2. The largest absolute Gasteiger partial charge is 0.339 e. The molecule has 2 amide bonds. The molecule has 0 atom stereocenters. The quantitative estimate of drug-likeness (QED) is 0.443. The minimum absolute atomic E-state index is 0.127. The van der Waals surface area contributed by atoms with Crippen LogP contribution in [0.2, 0.25) is 5.02 Å². The fourth-order valence-electron chi connectivity index (χ4n) is 3.78. The Kier molecular flexibility index (Phi) is 5.14. The summed E-state index contributed by atoms with van der Waals surface area (Å²) in [6, 6.07) is 19.0. The average molecular weight is 430 g/mol. The highest BCUT2D eigenvalue weighted by molar-refractivity contribution is 6.30. The molecule has 5 rings (SSSR count). The van der Waals surface area contributed by atoms with E-state index < -0.39 is 0 Å². The monoisotopic (exact) mass is 429 g/mol. The molecule has 0 radical (unpaired) electrons. The van der Waals surface area contributed by atoms with Crippen molar-refractivity contribution in [2.45, 2.75) is 13.0 Å². The molecule has 3 heterocycles. The summed E-state index contributed by atoms with van der Waals surface area (Å²) in [6.45, 7) is 1.14. The predicted molar refractivity (Wildman–Crippen MR) is 124 cm³/mol. The number of carbonyl (C=O) groups excluding carboxylic acids is 1. The molecule has 2 N–H and O–H groups in total. The molecule has 0 spiro atoms. The Balaban J connectivity index is 1.32. The first-order chi connectivity index (χ1) is 15.2. The fraction of sp³-hybridized carbons (Fsp3) is 0.125. The summed E-state index contributed by atoms with van der Waals surface area (Å²) in [6.07, 6.45) is 4.31. The second-order valence-corrected chi connectivity index (χ2v) is 7.88. The van der Waals surface area contributed by atoms with Crippen LogP contribution in [0.25, 0.3) is 10.9 Å². The minimum atomic E-state index is -0.127. The first-order valence-corrected chi connectivity index (χ1v) is 10.4. The Bertz CT molecular complexity index is 1260. The van der Waals surface area contributed by atoms with Gasteiger partial charge in [-0.05, 0) is 54.4 Å². The van der Waals surface area contributed by atoms with Crippen LogP contribution in [0.5, 0.6) is 0 Å². The lowest BCUT2D eigenvalue weighted by atomic mass is 10.0. The number of urea groups is 1. The van der Waals surface area contributed by atoms with E-state index in [4.69, 9.17) is 11.6 Å². The van der Waals surface area contributed by atoms with Crippen molar-refractivity contribution in [3.8, 4) is 0 Å². The zero-order chi connectivity index (χ0) is 21.2. The first kappa shape index (κ1) is 19.3. The van der Waals surface area contributed by atoms with Gasteiger partial charge in [0.1, 0.15) is 5.82 Å². The third-order valence-corrected chi connectivity index (χ3v) is 5.63. The highest BCUT2D eigenvalue weighted by Crippen LogP contribution is 2.28. The van der Waals surface area contributed by atoms with Gasteiger partial charge in [0.15, 0.2) is 0 Å². The average Bonchev–Trinajstić information content (AvgIpc) is 2.80. The Morgan fingerprint density at radius 2 is 1.84 bits per heavy atom. The molecule has 0 saturated carbocycles. The number of benzene rings is 2. The summed E-state index contributed by atoms with van der Waals surface area (Å²) in [4.78, 5) is 23.6. The molecule has 0 unspecified atom stereocenters. The smallest absolute Gasteiger partial charge is 0.322 e. The standard InChI is InChI=1S/C24H20ClN5O/c25-18-5-7-19(8-6-18)29-24(31)30-12-10-21-17(15-30)9-11-26-23(21)28-20-13-16-3-1-2-4-22(16)27-14-20/h1-9,11,13-14H,10,12,15H2,(H,26,28)(H,29,31). The van der Waals surface area contributed by atoms with E-state index in [0.29, 0.717) is 18.1 Å². The van der Waals surface area contributed by atoms with Crippen LogP contribution in [0.15, 0.2) is 73.1 Å². The molecule has 4 aromatic rings. The van der Waals surface area contributed by atoms with E-state index in [1.165, 1.54) is 0 Å². The summed E-state index contributed by atoms with van der Waals surface area (Å²) >= 11 is 5.92. The normalized spacial score (nSPS) is 13.0. The molecule has 1 aliphatic rings. The minimum Gasteiger partial charge on any atom is -0.339 e. The molecule has 6 nitrogen and oxygen atoms in total. The van der Waals surface area contributed by atoms with Crippen LogP contribution < -0.4 is 10.6 Å². The van der Waals surface area contributed by atoms with Gasteiger partial charge < -0.3 is 15.5 Å². The lowest BCUT2D eigenvalue weighted by molar-refractivity contribution is 0.206. The van der Waals surface area contributed by atoms with Crippen molar-refractivity contribution in [3.63, 3.8) is 0 Å². The van der Waals surface area contributed by atoms with E-state index in [1.807, 2.05) is 36.5 Å². The van der Waals surface area contributed by atoms with Crippen molar-refractivity contribution in [1.82, 2.24) is 14.9 Å². The topological polar surface area (TPSA) is 70.2 Å². The number of fused-ring (bicyclic) bond motifs is 2. The first-order valence-electron chi connectivity index (χ1n) is 10.1. The molecule has 0 aliphatic carbocycles. The molecule has 0 saturated heterocycles. The van der Waals surface area contributed by atoms with Gasteiger partial charge in [0.05, 0.1) is 17.4 Å². The van der Waals surface area contributed by atoms with E-state index in [0.717, 1.165) is 45.6 Å². The molecular weight excluding hydrogens is 410 g/mol. The number of nitrogens with one attached hydrogen (secondary N) is 2. The number of amides is 2. The van der Waals surface area contributed by atoms with Crippen LogP contribution in [0, 0.1) is 0 Å². The number of anilines is 3. The number of nitrogens with zero attached hydrogens (tertiary/aromatic N) is 3. The second-order valence-electron chi connectivity index (χ2n) is 7.45. The summed E-state index contributed by atoms with van der Waals surface area (Å²) in [7, 11) is 0. The van der Waals surface area contributed by atoms with E-state index >= 15 is 0 Å². The van der Waals surface area contributed by atoms with Gasteiger partial charge in [0, 0.05) is 40.9 Å². The summed E-state index contributed by atoms with van der Waals surface area (Å²) in [5, 5.41) is 8.05. The maximum atomic E-state index is 12.7. The van der Waals surface area contributed by atoms with Crippen LogP contribution in [-0.2, 0) is 13.0 Å². The molecular formula is C24H20ClN5O. The summed E-state index contributed by atoms with van der Waals surface area (Å²) < 4.78 is 0. The lowest BCUT2D eigenvalue weighted by Crippen LogP contribution is -2.39. The Morgan fingerprint density at radius 1 is 1.00 bits per heavy atom. The van der Waals surface area contributed by atoms with Crippen LogP contribution in [0.3, 0.4) is 0 Å². The number of aromatic nitrogens is 2. The Hall–Kier alpha value is -3.64. The predicted octanol–water partition coefficient (Wildman–Crippen LogP) is 5.62. The van der Waals surface area contributed by atoms with Gasteiger partial charge >= 0.3 is 6.03 Å². The van der Waals surface area contributed by atoms with Crippen LogP contribution in [-0.4, -0.2) is 27.4 Å². The molecule has 0 bridgehead atoms. The van der Waals surface area contributed by atoms with Crippen molar-refractivity contribution in [1.29, 1.82) is 0 Å². The van der Waals surface area contributed by atoms with Gasteiger partial charge in [0.25, 0.3) is 0 Å². The summed E-state index contributed by atoms with van der Waals surface area (Å²) in [5.74, 6) is 0.812. The Labute approximate surface area is 184 Å². The zero-order valence-electron chi connectivity index (χ0n) is 16.7. The molecule has 2 aromatic carbocycles. The Morgan fingerprint density at radius 3 is 2.71 bits per heavy atom. The van der Waals surface area contributed by atoms with Gasteiger partial charge in [-0.3, -0.25) is 4.98 Å².